The lowest BCUT2D eigenvalue weighted by Gasteiger charge is -2.34. The maximum absolute atomic E-state index is 12.6. The first-order valence-electron chi connectivity index (χ1n) is 11.2. The molecule has 180 valence electrons. The molecule has 1 aliphatic rings. The van der Waals surface area contributed by atoms with Gasteiger partial charge in [0.1, 0.15) is 23.0 Å². The smallest absolute Gasteiger partial charge is 0.410 e. The fourth-order valence-electron chi connectivity index (χ4n) is 4.10. The normalized spacial score (nSPS) is 16.5. The number of piperidine rings is 1. The van der Waals surface area contributed by atoms with Crippen LogP contribution in [0.2, 0.25) is 0 Å². The number of hydrogen-bond donors (Lipinski definition) is 2. The van der Waals surface area contributed by atoms with Gasteiger partial charge in [0.25, 0.3) is 5.91 Å². The number of carbonyl (C=O) groups excluding carboxylic acids is 2. The molecule has 1 aliphatic heterocycles. The first kappa shape index (κ1) is 23.4. The van der Waals surface area contributed by atoms with E-state index < -0.39 is 11.5 Å². The van der Waals surface area contributed by atoms with Gasteiger partial charge in [-0.1, -0.05) is 0 Å². The summed E-state index contributed by atoms with van der Waals surface area (Å²) in [5, 5.41) is 7.77. The molecular formula is C23H30N8O3. The first-order chi connectivity index (χ1) is 16.0. The van der Waals surface area contributed by atoms with Gasteiger partial charge >= 0.3 is 6.09 Å². The summed E-state index contributed by atoms with van der Waals surface area (Å²) in [6.45, 7) is 8.51. The van der Waals surface area contributed by atoms with Crippen LogP contribution in [0.5, 0.6) is 0 Å². The van der Waals surface area contributed by atoms with Crippen molar-refractivity contribution in [1.29, 1.82) is 0 Å². The predicted molar refractivity (Wildman–Crippen MR) is 127 cm³/mol. The molecule has 2 amide bonds. The zero-order chi connectivity index (χ0) is 24.6. The van der Waals surface area contributed by atoms with Crippen molar-refractivity contribution in [3.63, 3.8) is 0 Å². The van der Waals surface area contributed by atoms with E-state index in [2.05, 4.69) is 20.4 Å². The number of anilines is 1. The van der Waals surface area contributed by atoms with Crippen molar-refractivity contribution in [2.45, 2.75) is 52.2 Å². The van der Waals surface area contributed by atoms with E-state index in [9.17, 15) is 9.59 Å². The molecule has 1 atom stereocenters. The molecule has 0 aromatic carbocycles. The first-order valence-corrected chi connectivity index (χ1v) is 11.2. The molecule has 1 fully saturated rings. The summed E-state index contributed by atoms with van der Waals surface area (Å²) in [5.41, 5.74) is 8.31. The summed E-state index contributed by atoms with van der Waals surface area (Å²) in [4.78, 5) is 40.0. The number of nitrogens with zero attached hydrogens (tertiary/aromatic N) is 6. The molecule has 0 bridgehead atoms. The number of hydrogen-bond acceptors (Lipinski definition) is 8. The number of nitrogens with one attached hydrogen (secondary N) is 1. The van der Waals surface area contributed by atoms with Gasteiger partial charge < -0.3 is 20.7 Å². The van der Waals surface area contributed by atoms with Crippen LogP contribution in [0.15, 0.2) is 18.6 Å². The predicted octanol–water partition coefficient (Wildman–Crippen LogP) is 2.64. The van der Waals surface area contributed by atoms with E-state index in [0.29, 0.717) is 35.6 Å². The van der Waals surface area contributed by atoms with E-state index in [4.69, 9.17) is 15.5 Å². The van der Waals surface area contributed by atoms with Gasteiger partial charge in [-0.05, 0) is 46.6 Å². The van der Waals surface area contributed by atoms with Crippen LogP contribution in [0.3, 0.4) is 0 Å². The van der Waals surface area contributed by atoms with Crippen LogP contribution in [-0.2, 0) is 11.8 Å². The summed E-state index contributed by atoms with van der Waals surface area (Å²) in [5.74, 6) is -0.124. The fraction of sp³-hybridized carbons (Fsp3) is 0.478. The summed E-state index contributed by atoms with van der Waals surface area (Å²) in [6, 6.07) is 1.57. The van der Waals surface area contributed by atoms with Crippen LogP contribution in [0.1, 0.15) is 49.7 Å². The van der Waals surface area contributed by atoms with Crippen LogP contribution in [0.4, 0.5) is 10.6 Å². The third kappa shape index (κ3) is 4.92. The minimum absolute atomic E-state index is 0.0676. The highest BCUT2D eigenvalue weighted by atomic mass is 16.6. The van der Waals surface area contributed by atoms with Gasteiger partial charge in [0.2, 0.25) is 0 Å². The zero-order valence-corrected chi connectivity index (χ0v) is 20.1. The van der Waals surface area contributed by atoms with Gasteiger partial charge in [0, 0.05) is 37.9 Å². The second-order valence-corrected chi connectivity index (χ2v) is 9.55. The molecule has 0 aliphatic carbocycles. The van der Waals surface area contributed by atoms with Crippen molar-refractivity contribution < 1.29 is 14.3 Å². The lowest BCUT2D eigenvalue weighted by Crippen LogP contribution is -2.47. The number of ether oxygens (including phenoxy) is 1. The molecule has 34 heavy (non-hydrogen) atoms. The van der Waals surface area contributed by atoms with Gasteiger partial charge in [-0.2, -0.15) is 5.10 Å². The zero-order valence-electron chi connectivity index (χ0n) is 20.1. The maximum Gasteiger partial charge on any atom is 0.410 e. The quantitative estimate of drug-likeness (QED) is 0.598. The van der Waals surface area contributed by atoms with E-state index in [1.54, 1.807) is 15.6 Å². The molecule has 0 unspecified atom stereocenters. The SMILES string of the molecule is Cc1nn(C)cc1-c1cc(C(N)=O)c2ncnc(N[C@H]3CCCN(C(=O)OC(C)(C)C)C3)c2n1. The van der Waals surface area contributed by atoms with Crippen molar-refractivity contribution in [2.75, 3.05) is 18.4 Å². The largest absolute Gasteiger partial charge is 0.444 e. The number of carbonyl (C=O) groups is 2. The van der Waals surface area contributed by atoms with Crippen molar-refractivity contribution in [2.24, 2.45) is 12.8 Å². The van der Waals surface area contributed by atoms with Gasteiger partial charge in [0.05, 0.1) is 17.0 Å². The van der Waals surface area contributed by atoms with Crippen molar-refractivity contribution in [3.05, 3.63) is 29.8 Å². The molecule has 3 N–H and O–H groups in total. The van der Waals surface area contributed by atoms with Gasteiger partial charge in [-0.3, -0.25) is 9.48 Å². The molecule has 11 nitrogen and oxygen atoms in total. The molecule has 3 aromatic heterocycles. The molecule has 4 heterocycles. The van der Waals surface area contributed by atoms with E-state index in [1.165, 1.54) is 6.33 Å². The Labute approximate surface area is 197 Å². The third-order valence-electron chi connectivity index (χ3n) is 5.56. The number of primary amides is 1. The summed E-state index contributed by atoms with van der Waals surface area (Å²) < 4.78 is 7.22. The van der Waals surface area contributed by atoms with Crippen LogP contribution in [-0.4, -0.2) is 66.4 Å². The second-order valence-electron chi connectivity index (χ2n) is 9.55. The number of aryl methyl sites for hydroxylation is 2. The molecule has 3 aromatic rings. The highest BCUT2D eigenvalue weighted by Crippen LogP contribution is 2.29. The van der Waals surface area contributed by atoms with E-state index in [1.807, 2.05) is 40.9 Å². The van der Waals surface area contributed by atoms with Crippen molar-refractivity contribution >= 4 is 28.9 Å². The third-order valence-corrected chi connectivity index (χ3v) is 5.56. The molecule has 4 rings (SSSR count). The van der Waals surface area contributed by atoms with Crippen LogP contribution in [0, 0.1) is 6.92 Å². The second kappa shape index (κ2) is 8.88. The van der Waals surface area contributed by atoms with E-state index in [0.717, 1.165) is 24.1 Å². The average Bonchev–Trinajstić information content (AvgIpc) is 3.10. The molecule has 0 spiro atoms. The Morgan fingerprint density at radius 3 is 2.65 bits per heavy atom. The molecule has 11 heteroatoms. The highest BCUT2D eigenvalue weighted by Gasteiger charge is 2.28. The number of pyridine rings is 1. The van der Waals surface area contributed by atoms with Gasteiger partial charge in [-0.15, -0.1) is 0 Å². The van der Waals surface area contributed by atoms with Crippen molar-refractivity contribution in [3.8, 4) is 11.3 Å². The van der Waals surface area contributed by atoms with Crippen LogP contribution in [0.25, 0.3) is 22.3 Å². The Hall–Kier alpha value is -3.76. The monoisotopic (exact) mass is 466 g/mol. The summed E-state index contributed by atoms with van der Waals surface area (Å²) in [7, 11) is 1.82. The highest BCUT2D eigenvalue weighted by molar-refractivity contribution is 6.06. The standard InChI is InChI=1S/C23H30N8O3/c1-13-16(11-30(5)29-13)17-9-15(20(24)32)18-19(28-17)21(26-12-25-18)27-14-7-6-8-31(10-14)22(33)34-23(2,3)4/h9,11-12,14H,6-8,10H2,1-5H3,(H2,24,32)(H,25,26,27)/t14-/m0/s1. The van der Waals surface area contributed by atoms with Crippen LogP contribution >= 0.6 is 0 Å². The minimum Gasteiger partial charge on any atom is -0.444 e. The molecule has 0 radical (unpaired) electrons. The Bertz CT molecular complexity index is 1250. The average molecular weight is 467 g/mol. The molecule has 0 saturated carbocycles. The molecular weight excluding hydrogens is 436 g/mol. The number of likely N-dealkylation sites (tertiary alicyclic amines) is 1. The lowest BCUT2D eigenvalue weighted by atomic mass is 10.1. The fourth-order valence-corrected chi connectivity index (χ4v) is 4.10. The number of fused-ring (bicyclic) bond motifs is 1. The number of rotatable bonds is 4. The molecule has 1 saturated heterocycles. The maximum atomic E-state index is 12.6. The number of amides is 2. The van der Waals surface area contributed by atoms with Gasteiger partial charge in [0.15, 0.2) is 5.82 Å². The van der Waals surface area contributed by atoms with Crippen molar-refractivity contribution in [1.82, 2.24) is 29.6 Å². The van der Waals surface area contributed by atoms with E-state index >= 15 is 0 Å². The summed E-state index contributed by atoms with van der Waals surface area (Å²) in [6.07, 6.45) is 4.54. The Morgan fingerprint density at radius 2 is 2.00 bits per heavy atom. The topological polar surface area (TPSA) is 141 Å². The van der Waals surface area contributed by atoms with Gasteiger partial charge in [-0.25, -0.2) is 19.7 Å². The summed E-state index contributed by atoms with van der Waals surface area (Å²) >= 11 is 0. The lowest BCUT2D eigenvalue weighted by molar-refractivity contribution is 0.0206. The number of aromatic nitrogens is 5. The number of nitrogens with two attached hydrogens (primary N) is 1. The Morgan fingerprint density at radius 1 is 1.24 bits per heavy atom. The minimum atomic E-state index is -0.603. The van der Waals surface area contributed by atoms with E-state index in [-0.39, 0.29) is 17.7 Å². The Kier molecular flexibility index (Phi) is 6.11. The van der Waals surface area contributed by atoms with Crippen LogP contribution < -0.4 is 11.1 Å². The Balaban J connectivity index is 1.68.